The van der Waals surface area contributed by atoms with Crippen LogP contribution in [-0.2, 0) is 6.42 Å². The molecule has 0 aliphatic carbocycles. The van der Waals surface area contributed by atoms with Gasteiger partial charge < -0.3 is 4.74 Å². The number of nitrogens with zero attached hydrogens (tertiary/aromatic N) is 1. The molecule has 1 aromatic carbocycles. The van der Waals surface area contributed by atoms with Crippen molar-refractivity contribution in [3.63, 3.8) is 0 Å². The van der Waals surface area contributed by atoms with E-state index < -0.39 is 6.36 Å². The van der Waals surface area contributed by atoms with Crippen LogP contribution in [0.1, 0.15) is 26.5 Å². The summed E-state index contributed by atoms with van der Waals surface area (Å²) in [4.78, 5) is 4.41. The van der Waals surface area contributed by atoms with Crippen molar-refractivity contribution in [3.05, 3.63) is 48.3 Å². The third-order valence-electron chi connectivity index (χ3n) is 2.96. The first-order valence-electron chi connectivity index (χ1n) is 6.93. The van der Waals surface area contributed by atoms with Crippen LogP contribution in [-0.4, -0.2) is 11.3 Å². The summed E-state index contributed by atoms with van der Waals surface area (Å²) >= 11 is 0. The maximum atomic E-state index is 12.1. The van der Waals surface area contributed by atoms with Crippen molar-refractivity contribution in [1.29, 1.82) is 0 Å². The van der Waals surface area contributed by atoms with Crippen molar-refractivity contribution in [2.45, 2.75) is 33.6 Å². The van der Waals surface area contributed by atoms with Crippen molar-refractivity contribution in [2.24, 2.45) is 5.41 Å². The van der Waals surface area contributed by atoms with E-state index in [0.717, 1.165) is 23.2 Å². The Hall–Kier alpha value is -2.04. The van der Waals surface area contributed by atoms with Crippen molar-refractivity contribution >= 4 is 0 Å². The number of halogens is 3. The topological polar surface area (TPSA) is 22.1 Å². The lowest BCUT2D eigenvalue weighted by atomic mass is 9.90. The highest BCUT2D eigenvalue weighted by Crippen LogP contribution is 2.27. The van der Waals surface area contributed by atoms with Gasteiger partial charge in [-0.2, -0.15) is 0 Å². The van der Waals surface area contributed by atoms with E-state index in [1.54, 1.807) is 18.3 Å². The van der Waals surface area contributed by atoms with E-state index in [1.807, 2.05) is 12.1 Å². The molecule has 0 radical (unpaired) electrons. The van der Waals surface area contributed by atoms with E-state index in [9.17, 15) is 13.2 Å². The molecule has 2 aromatic rings. The van der Waals surface area contributed by atoms with Crippen LogP contribution in [0, 0.1) is 5.41 Å². The molecule has 1 aromatic heterocycles. The molecule has 5 heteroatoms. The van der Waals surface area contributed by atoms with Gasteiger partial charge in [-0.05, 0) is 35.6 Å². The third kappa shape index (κ3) is 5.06. The van der Waals surface area contributed by atoms with Gasteiger partial charge in [-0.15, -0.1) is 13.2 Å². The number of benzene rings is 1. The summed E-state index contributed by atoms with van der Waals surface area (Å²) in [5, 5.41) is 0. The molecular weight excluding hydrogens is 291 g/mol. The molecular formula is C17H18F3NO. The molecule has 0 unspecified atom stereocenters. The first-order valence-corrected chi connectivity index (χ1v) is 6.93. The lowest BCUT2D eigenvalue weighted by Crippen LogP contribution is -2.16. The van der Waals surface area contributed by atoms with Gasteiger partial charge in [-0.25, -0.2) is 0 Å². The van der Waals surface area contributed by atoms with Crippen LogP contribution >= 0.6 is 0 Å². The Morgan fingerprint density at radius 3 is 1.95 bits per heavy atom. The summed E-state index contributed by atoms with van der Waals surface area (Å²) in [5.74, 6) is -0.228. The monoisotopic (exact) mass is 309 g/mol. The summed E-state index contributed by atoms with van der Waals surface area (Å²) in [6, 6.07) is 9.63. The quantitative estimate of drug-likeness (QED) is 0.774. The van der Waals surface area contributed by atoms with Gasteiger partial charge in [0.25, 0.3) is 0 Å². The van der Waals surface area contributed by atoms with Crippen molar-refractivity contribution < 1.29 is 17.9 Å². The Morgan fingerprint density at radius 2 is 1.50 bits per heavy atom. The van der Waals surface area contributed by atoms with E-state index in [-0.39, 0.29) is 11.2 Å². The molecule has 0 aliphatic rings. The molecule has 22 heavy (non-hydrogen) atoms. The maximum Gasteiger partial charge on any atom is 0.573 e. The SMILES string of the molecule is CC(C)(C)Cc1ccc(-c2ccc(OC(F)(F)F)cc2)cn1. The summed E-state index contributed by atoms with van der Waals surface area (Å²) in [6.45, 7) is 6.42. The average molecular weight is 309 g/mol. The number of ether oxygens (including phenoxy) is 1. The largest absolute Gasteiger partial charge is 0.573 e. The fourth-order valence-corrected chi connectivity index (χ4v) is 2.09. The first kappa shape index (κ1) is 16.3. The summed E-state index contributed by atoms with van der Waals surface area (Å²) < 4.78 is 40.2. The molecule has 0 aliphatic heterocycles. The Balaban J connectivity index is 2.12. The van der Waals surface area contributed by atoms with E-state index in [0.29, 0.717) is 0 Å². The zero-order valence-electron chi connectivity index (χ0n) is 12.7. The Labute approximate surface area is 128 Å². The summed E-state index contributed by atoms with van der Waals surface area (Å²) in [5.41, 5.74) is 2.80. The molecule has 0 fully saturated rings. The summed E-state index contributed by atoms with van der Waals surface area (Å²) in [6.07, 6.45) is -2.07. The van der Waals surface area contributed by atoms with Gasteiger partial charge in [0, 0.05) is 17.5 Å². The zero-order chi connectivity index (χ0) is 16.4. The van der Waals surface area contributed by atoms with Gasteiger partial charge in [0.1, 0.15) is 5.75 Å². The molecule has 118 valence electrons. The number of hydrogen-bond donors (Lipinski definition) is 0. The molecule has 0 saturated carbocycles. The molecule has 0 spiro atoms. The second-order valence-corrected chi connectivity index (χ2v) is 6.35. The minimum Gasteiger partial charge on any atom is -0.406 e. The highest BCUT2D eigenvalue weighted by molar-refractivity contribution is 5.63. The van der Waals surface area contributed by atoms with Crippen LogP contribution in [0.5, 0.6) is 5.75 Å². The van der Waals surface area contributed by atoms with Crippen LogP contribution < -0.4 is 4.74 Å². The van der Waals surface area contributed by atoms with Gasteiger partial charge in [0.15, 0.2) is 0 Å². The van der Waals surface area contributed by atoms with Gasteiger partial charge in [0.05, 0.1) is 0 Å². The van der Waals surface area contributed by atoms with E-state index >= 15 is 0 Å². The molecule has 0 bridgehead atoms. The molecule has 0 amide bonds. The molecule has 2 rings (SSSR count). The van der Waals surface area contributed by atoms with Gasteiger partial charge >= 0.3 is 6.36 Å². The fourth-order valence-electron chi connectivity index (χ4n) is 2.09. The molecule has 1 heterocycles. The predicted molar refractivity (Wildman–Crippen MR) is 79.5 cm³/mol. The Kier molecular flexibility index (Phi) is 4.44. The van der Waals surface area contributed by atoms with Gasteiger partial charge in [-0.3, -0.25) is 4.98 Å². The van der Waals surface area contributed by atoms with Gasteiger partial charge in [-0.1, -0.05) is 39.0 Å². The molecule has 2 nitrogen and oxygen atoms in total. The van der Waals surface area contributed by atoms with Crippen LogP contribution in [0.3, 0.4) is 0 Å². The van der Waals surface area contributed by atoms with E-state index in [4.69, 9.17) is 0 Å². The molecule has 0 N–H and O–H groups in total. The van der Waals surface area contributed by atoms with Crippen LogP contribution in [0.2, 0.25) is 0 Å². The molecule has 0 saturated heterocycles. The lowest BCUT2D eigenvalue weighted by molar-refractivity contribution is -0.274. The first-order chi connectivity index (χ1) is 10.1. The average Bonchev–Trinajstić information content (AvgIpc) is 2.37. The van der Waals surface area contributed by atoms with Gasteiger partial charge in [0.2, 0.25) is 0 Å². The number of pyridine rings is 1. The Bertz CT molecular complexity index is 553. The number of hydrogen-bond acceptors (Lipinski definition) is 2. The minimum absolute atomic E-state index is 0.158. The smallest absolute Gasteiger partial charge is 0.406 e. The highest BCUT2D eigenvalue weighted by Gasteiger charge is 2.30. The normalized spacial score (nSPS) is 12.3. The van der Waals surface area contributed by atoms with Crippen molar-refractivity contribution in [2.75, 3.05) is 0 Å². The number of alkyl halides is 3. The fraction of sp³-hybridized carbons (Fsp3) is 0.353. The minimum atomic E-state index is -4.67. The van der Waals surface area contributed by atoms with Crippen molar-refractivity contribution in [1.82, 2.24) is 4.98 Å². The third-order valence-corrected chi connectivity index (χ3v) is 2.96. The lowest BCUT2D eigenvalue weighted by Gasteiger charge is -2.17. The second kappa shape index (κ2) is 5.99. The number of rotatable bonds is 3. The Morgan fingerprint density at radius 1 is 0.909 bits per heavy atom. The van der Waals surface area contributed by atoms with E-state index in [2.05, 4.69) is 30.5 Å². The van der Waals surface area contributed by atoms with Crippen LogP contribution in [0.25, 0.3) is 11.1 Å². The number of aromatic nitrogens is 1. The standard InChI is InChI=1S/C17H18F3NO/c1-16(2,3)10-14-7-4-13(11-21-14)12-5-8-15(9-6-12)22-17(18,19)20/h4-9,11H,10H2,1-3H3. The van der Waals surface area contributed by atoms with E-state index in [1.165, 1.54) is 12.1 Å². The predicted octanol–water partition coefficient (Wildman–Crippen LogP) is 5.24. The maximum absolute atomic E-state index is 12.1. The summed E-state index contributed by atoms with van der Waals surface area (Å²) in [7, 11) is 0. The van der Waals surface area contributed by atoms with Crippen LogP contribution in [0.4, 0.5) is 13.2 Å². The van der Waals surface area contributed by atoms with Crippen LogP contribution in [0.15, 0.2) is 42.6 Å². The highest BCUT2D eigenvalue weighted by atomic mass is 19.4. The molecule has 0 atom stereocenters. The van der Waals surface area contributed by atoms with Crippen molar-refractivity contribution in [3.8, 4) is 16.9 Å². The second-order valence-electron chi connectivity index (χ2n) is 6.35. The zero-order valence-corrected chi connectivity index (χ0v) is 12.7.